The van der Waals surface area contributed by atoms with Crippen LogP contribution in [-0.2, 0) is 13.2 Å². The topological polar surface area (TPSA) is 56.3 Å². The Morgan fingerprint density at radius 2 is 1.95 bits per heavy atom. The van der Waals surface area contributed by atoms with Crippen molar-refractivity contribution in [2.24, 2.45) is 0 Å². The van der Waals surface area contributed by atoms with Crippen molar-refractivity contribution in [1.29, 1.82) is 0 Å². The van der Waals surface area contributed by atoms with Gasteiger partial charge in [-0.1, -0.05) is 12.1 Å². The van der Waals surface area contributed by atoms with Gasteiger partial charge in [-0.25, -0.2) is 9.97 Å². The Labute approximate surface area is 119 Å². The molecule has 0 aliphatic carbocycles. The number of ether oxygens (including phenoxy) is 2. The van der Waals surface area contributed by atoms with Crippen LogP contribution in [-0.4, -0.2) is 24.1 Å². The number of benzene rings is 1. The van der Waals surface area contributed by atoms with E-state index in [9.17, 15) is 0 Å². The lowest BCUT2D eigenvalue weighted by atomic mass is 10.2. The van der Waals surface area contributed by atoms with Crippen LogP contribution in [0.15, 0.2) is 30.5 Å². The molecule has 0 atom stereocenters. The van der Waals surface area contributed by atoms with Gasteiger partial charge in [0.2, 0.25) is 0 Å². The van der Waals surface area contributed by atoms with E-state index in [0.717, 1.165) is 29.1 Å². The van der Waals surface area contributed by atoms with Crippen LogP contribution in [0, 0.1) is 6.92 Å². The molecule has 1 heterocycles. The van der Waals surface area contributed by atoms with E-state index < -0.39 is 0 Å². The second-order valence-corrected chi connectivity index (χ2v) is 4.43. The molecule has 0 unspecified atom stereocenters. The Bertz CT molecular complexity index is 556. The minimum absolute atomic E-state index is 0.401. The van der Waals surface area contributed by atoms with E-state index in [1.807, 2.05) is 38.2 Å². The number of hydrogen-bond acceptors (Lipinski definition) is 5. The molecular formula is C15H19N3O2. The number of nitrogens with zero attached hydrogens (tertiary/aromatic N) is 2. The average molecular weight is 273 g/mol. The molecule has 5 heteroatoms. The van der Waals surface area contributed by atoms with Crippen LogP contribution in [0.3, 0.4) is 0 Å². The van der Waals surface area contributed by atoms with Crippen molar-refractivity contribution >= 4 is 0 Å². The highest BCUT2D eigenvalue weighted by Gasteiger charge is 2.04. The van der Waals surface area contributed by atoms with Crippen molar-refractivity contribution in [2.45, 2.75) is 20.1 Å². The van der Waals surface area contributed by atoms with Crippen molar-refractivity contribution in [3.8, 4) is 11.8 Å². The van der Waals surface area contributed by atoms with E-state index >= 15 is 0 Å². The summed E-state index contributed by atoms with van der Waals surface area (Å²) in [5.74, 6) is 0.831. The monoisotopic (exact) mass is 273 g/mol. The maximum absolute atomic E-state index is 5.60. The second kappa shape index (κ2) is 6.86. The van der Waals surface area contributed by atoms with Gasteiger partial charge in [-0.15, -0.1) is 0 Å². The fourth-order valence-corrected chi connectivity index (χ4v) is 1.77. The van der Waals surface area contributed by atoms with E-state index in [-0.39, 0.29) is 0 Å². The fraction of sp³-hybridized carbons (Fsp3) is 0.333. The highest BCUT2D eigenvalue weighted by atomic mass is 16.5. The van der Waals surface area contributed by atoms with Crippen LogP contribution >= 0.6 is 0 Å². The SMILES string of the molecule is CNCc1cnc(OCc2ccc(OC)cc2)nc1C. The van der Waals surface area contributed by atoms with E-state index in [1.165, 1.54) is 0 Å². The summed E-state index contributed by atoms with van der Waals surface area (Å²) >= 11 is 0. The van der Waals surface area contributed by atoms with Gasteiger partial charge in [0.25, 0.3) is 0 Å². The zero-order valence-corrected chi connectivity index (χ0v) is 12.0. The van der Waals surface area contributed by atoms with Gasteiger partial charge in [0, 0.05) is 24.0 Å². The smallest absolute Gasteiger partial charge is 0.316 e. The minimum atomic E-state index is 0.401. The highest BCUT2D eigenvalue weighted by molar-refractivity contribution is 5.27. The van der Waals surface area contributed by atoms with Gasteiger partial charge in [0.15, 0.2) is 0 Å². The van der Waals surface area contributed by atoms with E-state index in [1.54, 1.807) is 13.3 Å². The van der Waals surface area contributed by atoms with Crippen molar-refractivity contribution in [3.63, 3.8) is 0 Å². The summed E-state index contributed by atoms with van der Waals surface area (Å²) in [5.41, 5.74) is 3.05. The Morgan fingerprint density at radius 3 is 2.55 bits per heavy atom. The summed E-state index contributed by atoms with van der Waals surface area (Å²) < 4.78 is 10.7. The molecule has 0 aliphatic heterocycles. The molecule has 0 radical (unpaired) electrons. The highest BCUT2D eigenvalue weighted by Crippen LogP contribution is 2.14. The number of aromatic nitrogens is 2. The van der Waals surface area contributed by atoms with Crippen molar-refractivity contribution in [1.82, 2.24) is 15.3 Å². The summed E-state index contributed by atoms with van der Waals surface area (Å²) in [6.07, 6.45) is 1.79. The second-order valence-electron chi connectivity index (χ2n) is 4.43. The van der Waals surface area contributed by atoms with Gasteiger partial charge >= 0.3 is 6.01 Å². The molecule has 2 rings (SSSR count). The maximum Gasteiger partial charge on any atom is 0.316 e. The van der Waals surface area contributed by atoms with Crippen LogP contribution in [0.2, 0.25) is 0 Å². The number of hydrogen-bond donors (Lipinski definition) is 1. The molecule has 0 bridgehead atoms. The number of aryl methyl sites for hydroxylation is 1. The Hall–Kier alpha value is -2.14. The summed E-state index contributed by atoms with van der Waals surface area (Å²) in [4.78, 5) is 8.55. The number of rotatable bonds is 6. The third-order valence-electron chi connectivity index (χ3n) is 2.95. The van der Waals surface area contributed by atoms with E-state index in [4.69, 9.17) is 9.47 Å². The normalized spacial score (nSPS) is 10.3. The predicted octanol–water partition coefficient (Wildman–Crippen LogP) is 2.09. The van der Waals surface area contributed by atoms with Crippen molar-refractivity contribution < 1.29 is 9.47 Å². The van der Waals surface area contributed by atoms with Crippen LogP contribution in [0.4, 0.5) is 0 Å². The largest absolute Gasteiger partial charge is 0.497 e. The zero-order chi connectivity index (χ0) is 14.4. The molecule has 1 N–H and O–H groups in total. The molecule has 20 heavy (non-hydrogen) atoms. The number of methoxy groups -OCH3 is 1. The van der Waals surface area contributed by atoms with Crippen molar-refractivity contribution in [2.75, 3.05) is 14.2 Å². The first-order valence-corrected chi connectivity index (χ1v) is 6.45. The Kier molecular flexibility index (Phi) is 4.90. The average Bonchev–Trinajstić information content (AvgIpc) is 2.48. The molecule has 0 fully saturated rings. The van der Waals surface area contributed by atoms with Crippen LogP contribution in [0.5, 0.6) is 11.8 Å². The quantitative estimate of drug-likeness (QED) is 0.873. The lowest BCUT2D eigenvalue weighted by Crippen LogP contribution is -2.09. The van der Waals surface area contributed by atoms with E-state index in [0.29, 0.717) is 12.6 Å². The van der Waals surface area contributed by atoms with Gasteiger partial charge in [0.05, 0.1) is 7.11 Å². The van der Waals surface area contributed by atoms with Gasteiger partial charge in [0.1, 0.15) is 12.4 Å². The standard InChI is InChI=1S/C15H19N3O2/c1-11-13(8-16-2)9-17-15(18-11)20-10-12-4-6-14(19-3)7-5-12/h4-7,9,16H,8,10H2,1-3H3. The number of nitrogens with one attached hydrogen (secondary N) is 1. The Morgan fingerprint density at radius 1 is 1.20 bits per heavy atom. The van der Waals surface area contributed by atoms with Crippen LogP contribution in [0.1, 0.15) is 16.8 Å². The summed E-state index contributed by atoms with van der Waals surface area (Å²) in [6, 6.07) is 8.13. The lowest BCUT2D eigenvalue weighted by Gasteiger charge is -2.08. The molecule has 0 amide bonds. The molecule has 1 aromatic carbocycles. The molecular weight excluding hydrogens is 254 g/mol. The molecule has 0 saturated heterocycles. The van der Waals surface area contributed by atoms with Crippen LogP contribution < -0.4 is 14.8 Å². The lowest BCUT2D eigenvalue weighted by molar-refractivity contribution is 0.279. The summed E-state index contributed by atoms with van der Waals surface area (Å²) in [7, 11) is 3.54. The molecule has 0 saturated carbocycles. The zero-order valence-electron chi connectivity index (χ0n) is 12.0. The van der Waals surface area contributed by atoms with Gasteiger partial charge < -0.3 is 14.8 Å². The predicted molar refractivity (Wildman–Crippen MR) is 76.9 cm³/mol. The van der Waals surface area contributed by atoms with Gasteiger partial charge in [-0.2, -0.15) is 0 Å². The molecule has 1 aromatic heterocycles. The molecule has 0 aliphatic rings. The van der Waals surface area contributed by atoms with Gasteiger partial charge in [-0.3, -0.25) is 0 Å². The molecule has 0 spiro atoms. The Balaban J connectivity index is 1.97. The molecule has 2 aromatic rings. The fourth-order valence-electron chi connectivity index (χ4n) is 1.77. The summed E-state index contributed by atoms with van der Waals surface area (Å²) in [5, 5.41) is 3.08. The first kappa shape index (κ1) is 14.3. The van der Waals surface area contributed by atoms with Crippen LogP contribution in [0.25, 0.3) is 0 Å². The summed E-state index contributed by atoms with van der Waals surface area (Å²) in [6.45, 7) is 3.15. The van der Waals surface area contributed by atoms with E-state index in [2.05, 4.69) is 15.3 Å². The molecule has 106 valence electrons. The van der Waals surface area contributed by atoms with Gasteiger partial charge in [-0.05, 0) is 31.7 Å². The first-order chi connectivity index (χ1) is 9.72. The third-order valence-corrected chi connectivity index (χ3v) is 2.95. The molecule has 5 nitrogen and oxygen atoms in total. The third kappa shape index (κ3) is 3.68. The first-order valence-electron chi connectivity index (χ1n) is 6.45. The maximum atomic E-state index is 5.60. The minimum Gasteiger partial charge on any atom is -0.497 e. The van der Waals surface area contributed by atoms with Crippen molar-refractivity contribution in [3.05, 3.63) is 47.3 Å².